The lowest BCUT2D eigenvalue weighted by atomic mass is 9.98. The van der Waals surface area contributed by atoms with Gasteiger partial charge in [0.25, 0.3) is 5.91 Å². The molecule has 0 saturated heterocycles. The van der Waals surface area contributed by atoms with Crippen LogP contribution in [-0.4, -0.2) is 10.9 Å². The lowest BCUT2D eigenvalue weighted by Gasteiger charge is -2.07. The van der Waals surface area contributed by atoms with E-state index >= 15 is 0 Å². The van der Waals surface area contributed by atoms with E-state index in [4.69, 9.17) is 4.42 Å². The summed E-state index contributed by atoms with van der Waals surface area (Å²) in [5.74, 6) is 0.945. The van der Waals surface area contributed by atoms with E-state index in [1.165, 1.54) is 5.56 Å². The summed E-state index contributed by atoms with van der Waals surface area (Å²) < 4.78 is 7.02. The molecule has 1 amide bonds. The minimum Gasteiger partial charge on any atom is -0.436 e. The van der Waals surface area contributed by atoms with Crippen molar-refractivity contribution in [1.82, 2.24) is 4.98 Å². The minimum absolute atomic E-state index is 0.131. The Labute approximate surface area is 183 Å². The average molecular weight is 496 g/mol. The van der Waals surface area contributed by atoms with Gasteiger partial charge in [-0.05, 0) is 101 Å². The second-order valence-electron chi connectivity index (χ2n) is 7.09. The maximum Gasteiger partial charge on any atom is 0.255 e. The van der Waals surface area contributed by atoms with Crippen molar-refractivity contribution in [2.24, 2.45) is 0 Å². The van der Waals surface area contributed by atoms with Crippen molar-refractivity contribution in [2.45, 2.75) is 26.2 Å². The lowest BCUT2D eigenvalue weighted by molar-refractivity contribution is 0.102. The average Bonchev–Trinajstić information content (AvgIpc) is 3.17. The quantitative estimate of drug-likeness (QED) is 0.307. The van der Waals surface area contributed by atoms with E-state index in [1.54, 1.807) is 0 Å². The molecule has 0 radical (unpaired) electrons. The molecule has 5 heteroatoms. The number of hydrogen-bond donors (Lipinski definition) is 1. The zero-order chi connectivity index (χ0) is 20.4. The van der Waals surface area contributed by atoms with Crippen molar-refractivity contribution in [3.63, 3.8) is 0 Å². The van der Waals surface area contributed by atoms with Gasteiger partial charge in [0.05, 0.1) is 0 Å². The molecule has 1 aromatic heterocycles. The summed E-state index contributed by atoms with van der Waals surface area (Å²) >= 11 is 2.22. The summed E-state index contributed by atoms with van der Waals surface area (Å²) in [5.41, 5.74) is 5.15. The SMILES string of the molecule is CC[C@H](C)c1ccc2oc(-c3ccc(NC(=O)c4ccc(I)cc4)cc3)nc2c1. The summed E-state index contributed by atoms with van der Waals surface area (Å²) in [5, 5.41) is 2.92. The van der Waals surface area contributed by atoms with Crippen molar-refractivity contribution >= 4 is 45.3 Å². The Balaban J connectivity index is 1.52. The number of nitrogens with one attached hydrogen (secondary N) is 1. The van der Waals surface area contributed by atoms with Gasteiger partial charge < -0.3 is 9.73 Å². The van der Waals surface area contributed by atoms with E-state index in [0.717, 1.165) is 32.3 Å². The monoisotopic (exact) mass is 496 g/mol. The minimum atomic E-state index is -0.131. The second-order valence-corrected chi connectivity index (χ2v) is 8.34. The highest BCUT2D eigenvalue weighted by atomic mass is 127. The number of hydrogen-bond acceptors (Lipinski definition) is 3. The molecule has 29 heavy (non-hydrogen) atoms. The molecule has 3 aromatic carbocycles. The number of anilines is 1. The van der Waals surface area contributed by atoms with Crippen LogP contribution in [0.3, 0.4) is 0 Å². The van der Waals surface area contributed by atoms with E-state index < -0.39 is 0 Å². The van der Waals surface area contributed by atoms with Crippen molar-refractivity contribution in [3.8, 4) is 11.5 Å². The molecule has 0 saturated carbocycles. The first-order chi connectivity index (χ1) is 14.0. The smallest absolute Gasteiger partial charge is 0.255 e. The van der Waals surface area contributed by atoms with Gasteiger partial charge in [0.1, 0.15) is 5.52 Å². The summed E-state index contributed by atoms with van der Waals surface area (Å²) in [4.78, 5) is 17.0. The highest BCUT2D eigenvalue weighted by Gasteiger charge is 2.12. The van der Waals surface area contributed by atoms with Gasteiger partial charge in [-0.3, -0.25) is 4.79 Å². The zero-order valence-corrected chi connectivity index (χ0v) is 18.4. The van der Waals surface area contributed by atoms with Crippen molar-refractivity contribution in [3.05, 3.63) is 81.4 Å². The van der Waals surface area contributed by atoms with Crippen LogP contribution in [-0.2, 0) is 0 Å². The van der Waals surface area contributed by atoms with E-state index in [0.29, 0.717) is 17.4 Å². The Morgan fingerprint density at radius 1 is 1.07 bits per heavy atom. The number of nitrogens with zero attached hydrogens (tertiary/aromatic N) is 1. The van der Waals surface area contributed by atoms with Gasteiger partial charge in [-0.1, -0.05) is 19.9 Å². The third-order valence-corrected chi connectivity index (χ3v) is 5.81. The topological polar surface area (TPSA) is 55.1 Å². The molecular formula is C24H21IN2O2. The molecule has 0 fully saturated rings. The van der Waals surface area contributed by atoms with Gasteiger partial charge in [0.2, 0.25) is 5.89 Å². The molecule has 0 aliphatic rings. The van der Waals surface area contributed by atoms with Crippen LogP contribution >= 0.6 is 22.6 Å². The number of oxazole rings is 1. The summed E-state index contributed by atoms with van der Waals surface area (Å²) in [6, 6.07) is 21.2. The Hall–Kier alpha value is -2.67. The van der Waals surface area contributed by atoms with Gasteiger partial charge in [0.15, 0.2) is 5.58 Å². The van der Waals surface area contributed by atoms with Gasteiger partial charge in [0, 0.05) is 20.4 Å². The fourth-order valence-electron chi connectivity index (χ4n) is 3.11. The van der Waals surface area contributed by atoms with Crippen molar-refractivity contribution in [2.75, 3.05) is 5.32 Å². The maximum atomic E-state index is 12.4. The fourth-order valence-corrected chi connectivity index (χ4v) is 3.47. The number of fused-ring (bicyclic) bond motifs is 1. The Morgan fingerprint density at radius 2 is 1.79 bits per heavy atom. The molecule has 1 N–H and O–H groups in total. The van der Waals surface area contributed by atoms with Crippen LogP contribution in [0.5, 0.6) is 0 Å². The maximum absolute atomic E-state index is 12.4. The van der Waals surface area contributed by atoms with Gasteiger partial charge in [-0.15, -0.1) is 0 Å². The predicted octanol–water partition coefficient (Wildman–Crippen LogP) is 6.87. The van der Waals surface area contributed by atoms with Gasteiger partial charge >= 0.3 is 0 Å². The number of rotatable bonds is 5. The molecule has 0 aliphatic heterocycles. The van der Waals surface area contributed by atoms with Gasteiger partial charge in [-0.2, -0.15) is 0 Å². The van der Waals surface area contributed by atoms with Crippen molar-refractivity contribution < 1.29 is 9.21 Å². The lowest BCUT2D eigenvalue weighted by Crippen LogP contribution is -2.11. The molecule has 1 atom stereocenters. The fraction of sp³-hybridized carbons (Fsp3) is 0.167. The zero-order valence-electron chi connectivity index (χ0n) is 16.3. The Bertz CT molecular complexity index is 1150. The van der Waals surface area contributed by atoms with E-state index in [2.05, 4.69) is 58.9 Å². The second kappa shape index (κ2) is 8.37. The molecular weight excluding hydrogens is 475 g/mol. The van der Waals surface area contributed by atoms with Crippen LogP contribution in [0, 0.1) is 3.57 Å². The van der Waals surface area contributed by atoms with E-state index in [9.17, 15) is 4.79 Å². The molecule has 0 spiro atoms. The molecule has 1 heterocycles. The van der Waals surface area contributed by atoms with Gasteiger partial charge in [-0.25, -0.2) is 4.98 Å². The van der Waals surface area contributed by atoms with Crippen LogP contribution in [0.4, 0.5) is 5.69 Å². The highest BCUT2D eigenvalue weighted by Crippen LogP contribution is 2.28. The first-order valence-corrected chi connectivity index (χ1v) is 10.7. The standard InChI is InChI=1S/C24H21IN2O2/c1-3-15(2)18-8-13-22-21(14-18)27-24(29-22)17-6-11-20(12-7-17)26-23(28)16-4-9-19(25)10-5-16/h4-15H,3H2,1-2H3,(H,26,28)/t15-/m0/s1. The van der Waals surface area contributed by atoms with E-state index in [1.807, 2.05) is 54.6 Å². The van der Waals surface area contributed by atoms with Crippen LogP contribution in [0.2, 0.25) is 0 Å². The van der Waals surface area contributed by atoms with Crippen LogP contribution in [0.25, 0.3) is 22.6 Å². The Kier molecular flexibility index (Phi) is 5.67. The first-order valence-electron chi connectivity index (χ1n) is 9.61. The molecule has 0 bridgehead atoms. The molecule has 0 aliphatic carbocycles. The highest BCUT2D eigenvalue weighted by molar-refractivity contribution is 14.1. The summed E-state index contributed by atoms with van der Waals surface area (Å²) in [6.45, 7) is 4.40. The van der Waals surface area contributed by atoms with Crippen LogP contribution in [0.15, 0.2) is 71.1 Å². The largest absolute Gasteiger partial charge is 0.436 e. The number of carbonyl (C=O) groups excluding carboxylic acids is 1. The summed E-state index contributed by atoms with van der Waals surface area (Å²) in [6.07, 6.45) is 1.09. The molecule has 4 nitrogen and oxygen atoms in total. The van der Waals surface area contributed by atoms with Crippen molar-refractivity contribution in [1.29, 1.82) is 0 Å². The molecule has 0 unspecified atom stereocenters. The molecule has 4 aromatic rings. The Morgan fingerprint density at radius 3 is 2.48 bits per heavy atom. The van der Waals surface area contributed by atoms with E-state index in [-0.39, 0.29) is 5.91 Å². The number of carbonyl (C=O) groups is 1. The molecule has 146 valence electrons. The predicted molar refractivity (Wildman–Crippen MR) is 125 cm³/mol. The normalized spacial score (nSPS) is 12.1. The summed E-state index contributed by atoms with van der Waals surface area (Å²) in [7, 11) is 0. The third-order valence-electron chi connectivity index (χ3n) is 5.09. The number of benzene rings is 3. The number of aromatic nitrogens is 1. The molecule has 4 rings (SSSR count). The number of halogens is 1. The third kappa shape index (κ3) is 4.34. The van der Waals surface area contributed by atoms with Crippen LogP contribution < -0.4 is 5.32 Å². The van der Waals surface area contributed by atoms with Crippen LogP contribution in [0.1, 0.15) is 42.1 Å². The number of amides is 1. The first kappa shape index (κ1) is 19.6.